The topological polar surface area (TPSA) is 80.9 Å². The fraction of sp³-hybridized carbons (Fsp3) is 0.200. The van der Waals surface area contributed by atoms with Crippen molar-refractivity contribution in [1.29, 1.82) is 0 Å². The van der Waals surface area contributed by atoms with Crippen molar-refractivity contribution in [2.45, 2.75) is 19.4 Å². The summed E-state index contributed by atoms with van der Waals surface area (Å²) < 4.78 is 5.14. The van der Waals surface area contributed by atoms with Crippen molar-refractivity contribution in [3.05, 3.63) is 52.7 Å². The molecular formula is C15H14N4O2S. The van der Waals surface area contributed by atoms with Crippen molar-refractivity contribution >= 4 is 17.2 Å². The Morgan fingerprint density at radius 3 is 3.00 bits per heavy atom. The van der Waals surface area contributed by atoms with Crippen molar-refractivity contribution in [1.82, 2.24) is 20.4 Å². The number of rotatable bonds is 6. The van der Waals surface area contributed by atoms with E-state index < -0.39 is 0 Å². The lowest BCUT2D eigenvalue weighted by molar-refractivity contribution is -0.121. The molecule has 0 saturated heterocycles. The molecule has 0 fully saturated rings. The molecule has 1 N–H and O–H groups in total. The van der Waals surface area contributed by atoms with Crippen LogP contribution in [0, 0.1) is 0 Å². The second-order valence-electron chi connectivity index (χ2n) is 4.58. The molecule has 0 saturated carbocycles. The van der Waals surface area contributed by atoms with Crippen LogP contribution in [-0.4, -0.2) is 21.0 Å². The number of hydrogen-bond donors (Lipinski definition) is 1. The molecule has 3 aromatic rings. The van der Waals surface area contributed by atoms with Gasteiger partial charge in [0.25, 0.3) is 0 Å². The predicted molar refractivity (Wildman–Crippen MR) is 82.0 cm³/mol. The minimum atomic E-state index is -0.0361. The zero-order chi connectivity index (χ0) is 15.2. The van der Waals surface area contributed by atoms with Gasteiger partial charge in [0, 0.05) is 23.9 Å². The number of pyridine rings is 1. The van der Waals surface area contributed by atoms with Crippen LogP contribution in [0.3, 0.4) is 0 Å². The van der Waals surface area contributed by atoms with Gasteiger partial charge in [0.2, 0.25) is 17.6 Å². The van der Waals surface area contributed by atoms with E-state index in [-0.39, 0.29) is 5.91 Å². The highest BCUT2D eigenvalue weighted by Crippen LogP contribution is 2.12. The highest BCUT2D eigenvalue weighted by atomic mass is 32.1. The van der Waals surface area contributed by atoms with Crippen LogP contribution in [0.5, 0.6) is 0 Å². The number of aryl methyl sites for hydroxylation is 1. The van der Waals surface area contributed by atoms with Gasteiger partial charge in [-0.15, -0.1) is 11.3 Å². The van der Waals surface area contributed by atoms with Crippen LogP contribution in [0.25, 0.3) is 11.5 Å². The molecule has 0 atom stereocenters. The Morgan fingerprint density at radius 1 is 1.27 bits per heavy atom. The smallest absolute Gasteiger partial charge is 0.227 e. The Balaban J connectivity index is 1.49. The fourth-order valence-electron chi connectivity index (χ4n) is 1.86. The first kappa shape index (κ1) is 14.4. The van der Waals surface area contributed by atoms with Crippen LogP contribution in [0.15, 0.2) is 46.4 Å². The van der Waals surface area contributed by atoms with E-state index in [9.17, 15) is 4.79 Å². The lowest BCUT2D eigenvalue weighted by atomic mass is 10.3. The van der Waals surface area contributed by atoms with Gasteiger partial charge in [0.15, 0.2) is 0 Å². The minimum absolute atomic E-state index is 0.0361. The highest BCUT2D eigenvalue weighted by molar-refractivity contribution is 7.09. The van der Waals surface area contributed by atoms with E-state index in [0.717, 1.165) is 4.88 Å². The number of hydrogen-bond acceptors (Lipinski definition) is 6. The van der Waals surface area contributed by atoms with Crippen molar-refractivity contribution in [2.24, 2.45) is 0 Å². The molecule has 0 aliphatic carbocycles. The van der Waals surface area contributed by atoms with E-state index in [4.69, 9.17) is 4.52 Å². The first-order chi connectivity index (χ1) is 10.8. The standard InChI is InChI=1S/C15H14N4O2S/c20-13(17-10-11-4-3-9-22-11)6-7-14-18-15(19-21-14)12-5-1-2-8-16-12/h1-5,8-9H,6-7,10H2,(H,17,20). The number of aromatic nitrogens is 3. The summed E-state index contributed by atoms with van der Waals surface area (Å²) in [6, 6.07) is 9.44. The molecule has 0 radical (unpaired) electrons. The van der Waals surface area contributed by atoms with Crippen LogP contribution in [0.4, 0.5) is 0 Å². The van der Waals surface area contributed by atoms with Crippen LogP contribution in [-0.2, 0) is 17.8 Å². The Morgan fingerprint density at radius 2 is 2.23 bits per heavy atom. The molecule has 22 heavy (non-hydrogen) atoms. The summed E-state index contributed by atoms with van der Waals surface area (Å²) in [5.74, 6) is 0.840. The molecule has 6 nitrogen and oxygen atoms in total. The number of nitrogens with one attached hydrogen (secondary N) is 1. The first-order valence-electron chi connectivity index (χ1n) is 6.84. The second kappa shape index (κ2) is 6.95. The third kappa shape index (κ3) is 3.76. The number of nitrogens with zero attached hydrogens (tertiary/aromatic N) is 3. The highest BCUT2D eigenvalue weighted by Gasteiger charge is 2.11. The summed E-state index contributed by atoms with van der Waals surface area (Å²) in [4.78, 5) is 21.3. The van der Waals surface area contributed by atoms with Gasteiger partial charge in [-0.05, 0) is 23.6 Å². The van der Waals surface area contributed by atoms with Gasteiger partial charge >= 0.3 is 0 Å². The third-order valence-electron chi connectivity index (χ3n) is 2.97. The minimum Gasteiger partial charge on any atom is -0.351 e. The van der Waals surface area contributed by atoms with Crippen molar-refractivity contribution in [3.63, 3.8) is 0 Å². The number of carbonyl (C=O) groups is 1. The van der Waals surface area contributed by atoms with E-state index in [1.807, 2.05) is 35.7 Å². The average Bonchev–Trinajstić information content (AvgIpc) is 3.23. The molecule has 0 unspecified atom stereocenters. The van der Waals surface area contributed by atoms with E-state index >= 15 is 0 Å². The lowest BCUT2D eigenvalue weighted by Gasteiger charge is -2.01. The maximum atomic E-state index is 11.8. The maximum absolute atomic E-state index is 11.8. The van der Waals surface area contributed by atoms with Crippen LogP contribution in [0.2, 0.25) is 0 Å². The van der Waals surface area contributed by atoms with Crippen LogP contribution >= 0.6 is 11.3 Å². The lowest BCUT2D eigenvalue weighted by Crippen LogP contribution is -2.22. The normalized spacial score (nSPS) is 10.5. The van der Waals surface area contributed by atoms with Gasteiger partial charge in [-0.1, -0.05) is 17.3 Å². The molecule has 0 aliphatic rings. The number of carbonyl (C=O) groups excluding carboxylic acids is 1. The number of amides is 1. The Kier molecular flexibility index (Phi) is 4.55. The van der Waals surface area contributed by atoms with E-state index in [2.05, 4.69) is 20.4 Å². The molecule has 0 aliphatic heterocycles. The second-order valence-corrected chi connectivity index (χ2v) is 5.62. The zero-order valence-electron chi connectivity index (χ0n) is 11.7. The van der Waals surface area contributed by atoms with Crippen LogP contribution < -0.4 is 5.32 Å². The summed E-state index contributed by atoms with van der Waals surface area (Å²) in [6.45, 7) is 0.555. The molecule has 7 heteroatoms. The van der Waals surface area contributed by atoms with Crippen molar-refractivity contribution in [3.8, 4) is 11.5 Å². The van der Waals surface area contributed by atoms with Gasteiger partial charge in [0.1, 0.15) is 5.69 Å². The molecule has 0 bridgehead atoms. The van der Waals surface area contributed by atoms with Gasteiger partial charge in [0.05, 0.1) is 6.54 Å². The van der Waals surface area contributed by atoms with Gasteiger partial charge in [-0.25, -0.2) is 0 Å². The first-order valence-corrected chi connectivity index (χ1v) is 7.72. The largest absolute Gasteiger partial charge is 0.351 e. The van der Waals surface area contributed by atoms with E-state index in [1.165, 1.54) is 0 Å². The molecule has 112 valence electrons. The summed E-state index contributed by atoms with van der Waals surface area (Å²) in [5.41, 5.74) is 0.652. The van der Waals surface area contributed by atoms with Gasteiger partial charge in [-0.3, -0.25) is 9.78 Å². The molecule has 1 amide bonds. The molecular weight excluding hydrogens is 300 g/mol. The summed E-state index contributed by atoms with van der Waals surface area (Å²) in [7, 11) is 0. The van der Waals surface area contributed by atoms with E-state index in [1.54, 1.807) is 17.5 Å². The monoisotopic (exact) mass is 314 g/mol. The Hall–Kier alpha value is -2.54. The SMILES string of the molecule is O=C(CCc1nc(-c2ccccn2)no1)NCc1cccs1. The third-order valence-corrected chi connectivity index (χ3v) is 3.84. The molecule has 3 heterocycles. The van der Waals surface area contributed by atoms with Crippen molar-refractivity contribution in [2.75, 3.05) is 0 Å². The Bertz CT molecular complexity index is 725. The number of thiophene rings is 1. The summed E-state index contributed by atoms with van der Waals surface area (Å²) in [5, 5.41) is 8.72. The summed E-state index contributed by atoms with van der Waals surface area (Å²) in [6.07, 6.45) is 2.40. The van der Waals surface area contributed by atoms with Gasteiger partial charge in [-0.2, -0.15) is 4.98 Å². The van der Waals surface area contributed by atoms with Crippen LogP contribution in [0.1, 0.15) is 17.2 Å². The maximum Gasteiger partial charge on any atom is 0.227 e. The summed E-state index contributed by atoms with van der Waals surface area (Å²) >= 11 is 1.62. The molecule has 0 aromatic carbocycles. The molecule has 0 spiro atoms. The fourth-order valence-corrected chi connectivity index (χ4v) is 2.51. The Labute approximate surface area is 131 Å². The predicted octanol–water partition coefficient (Wildman–Crippen LogP) is 2.44. The molecule has 3 rings (SSSR count). The quantitative estimate of drug-likeness (QED) is 0.756. The van der Waals surface area contributed by atoms with Gasteiger partial charge < -0.3 is 9.84 Å². The average molecular weight is 314 g/mol. The van der Waals surface area contributed by atoms with Crippen molar-refractivity contribution < 1.29 is 9.32 Å². The molecule has 3 aromatic heterocycles. The van der Waals surface area contributed by atoms with E-state index in [0.29, 0.717) is 36.8 Å². The zero-order valence-corrected chi connectivity index (χ0v) is 12.5.